The number of carbonyl (C=O) groups is 1. The van der Waals surface area contributed by atoms with Crippen molar-refractivity contribution in [2.24, 2.45) is 0 Å². The van der Waals surface area contributed by atoms with Crippen molar-refractivity contribution in [3.05, 3.63) is 52.9 Å². The first kappa shape index (κ1) is 19.1. The molecule has 1 fully saturated rings. The van der Waals surface area contributed by atoms with Crippen molar-refractivity contribution in [3.63, 3.8) is 0 Å². The van der Waals surface area contributed by atoms with Gasteiger partial charge >= 0.3 is 0 Å². The molecule has 7 heteroatoms. The van der Waals surface area contributed by atoms with Crippen LogP contribution in [0.1, 0.15) is 47.3 Å². The molecule has 0 unspecified atom stereocenters. The highest BCUT2D eigenvalue weighted by Crippen LogP contribution is 2.29. The number of nitrogens with zero attached hydrogens (tertiary/aromatic N) is 1. The minimum absolute atomic E-state index is 0.0945. The van der Waals surface area contributed by atoms with Gasteiger partial charge in [-0.3, -0.25) is 4.79 Å². The number of sulfonamides is 1. The van der Waals surface area contributed by atoms with Crippen LogP contribution in [0, 0.1) is 0 Å². The lowest BCUT2D eigenvalue weighted by Gasteiger charge is -2.29. The third kappa shape index (κ3) is 4.34. The summed E-state index contributed by atoms with van der Waals surface area (Å²) in [6, 6.07) is 12.5. The number of rotatable bonds is 6. The van der Waals surface area contributed by atoms with Gasteiger partial charge in [-0.05, 0) is 37.1 Å². The lowest BCUT2D eigenvalue weighted by Crippen LogP contribution is -2.37. The highest BCUT2D eigenvalue weighted by molar-refractivity contribution is 7.91. The van der Waals surface area contributed by atoms with E-state index in [2.05, 4.69) is 5.32 Å². The number of amides is 1. The van der Waals surface area contributed by atoms with Gasteiger partial charge in [0.15, 0.2) is 0 Å². The maximum atomic E-state index is 12.9. The summed E-state index contributed by atoms with van der Waals surface area (Å²) in [4.78, 5) is 12.9. The second kappa shape index (κ2) is 8.33. The van der Waals surface area contributed by atoms with Crippen molar-refractivity contribution in [2.45, 2.75) is 48.9 Å². The number of hydrogen-bond donors (Lipinski definition) is 1. The number of hydrogen-bond acceptors (Lipinski definition) is 4. The van der Waals surface area contributed by atoms with Crippen LogP contribution in [-0.2, 0) is 16.6 Å². The van der Waals surface area contributed by atoms with Gasteiger partial charge in [-0.1, -0.05) is 37.5 Å². The van der Waals surface area contributed by atoms with E-state index in [1.807, 2.05) is 18.2 Å². The molecule has 5 nitrogen and oxygen atoms in total. The Balaban J connectivity index is 1.64. The number of benzene rings is 1. The van der Waals surface area contributed by atoms with Gasteiger partial charge in [0.05, 0.1) is 6.54 Å². The molecule has 0 bridgehead atoms. The van der Waals surface area contributed by atoms with Crippen molar-refractivity contribution in [1.82, 2.24) is 9.62 Å². The maximum absolute atomic E-state index is 12.9. The molecule has 0 aliphatic heterocycles. The van der Waals surface area contributed by atoms with Crippen molar-refractivity contribution >= 4 is 27.3 Å². The molecule has 1 amide bonds. The van der Waals surface area contributed by atoms with Gasteiger partial charge in [-0.2, -0.15) is 4.31 Å². The van der Waals surface area contributed by atoms with Gasteiger partial charge in [0.25, 0.3) is 15.9 Å². The lowest BCUT2D eigenvalue weighted by atomic mass is 9.96. The fourth-order valence-corrected chi connectivity index (χ4v) is 6.13. The summed E-state index contributed by atoms with van der Waals surface area (Å²) in [6.45, 7) is 0.320. The Labute approximate surface area is 159 Å². The summed E-state index contributed by atoms with van der Waals surface area (Å²) >= 11 is 1.22. The Hall–Kier alpha value is -1.70. The first-order valence-corrected chi connectivity index (χ1v) is 11.1. The molecular formula is C19H24N2O3S2. The highest BCUT2D eigenvalue weighted by atomic mass is 32.2. The Kier molecular flexibility index (Phi) is 6.11. The van der Waals surface area contributed by atoms with Crippen molar-refractivity contribution in [2.75, 3.05) is 7.05 Å². The predicted octanol–water partition coefficient (Wildman–Crippen LogP) is 3.63. The Morgan fingerprint density at radius 1 is 1.12 bits per heavy atom. The van der Waals surface area contributed by atoms with Crippen LogP contribution in [-0.4, -0.2) is 31.7 Å². The van der Waals surface area contributed by atoms with Gasteiger partial charge < -0.3 is 5.32 Å². The van der Waals surface area contributed by atoms with Crippen LogP contribution in [0.3, 0.4) is 0 Å². The van der Waals surface area contributed by atoms with Gasteiger partial charge in [0, 0.05) is 23.5 Å². The fraction of sp³-hybridized carbons (Fsp3) is 0.421. The first-order valence-electron chi connectivity index (χ1n) is 8.88. The quantitative estimate of drug-likeness (QED) is 0.816. The van der Waals surface area contributed by atoms with E-state index in [1.165, 1.54) is 22.1 Å². The standard InChI is InChI=1S/C19H24N2O3S2/c1-21(16-10-6-3-7-11-16)26(23,24)18-13-12-17(25-18)14-20-19(22)15-8-4-2-5-9-15/h2,4-5,8-9,12-13,16H,3,6-7,10-11,14H2,1H3,(H,20,22). The Bertz CT molecular complexity index is 841. The Morgan fingerprint density at radius 3 is 2.50 bits per heavy atom. The smallest absolute Gasteiger partial charge is 0.252 e. The van der Waals surface area contributed by atoms with E-state index in [0.717, 1.165) is 30.6 Å². The van der Waals surface area contributed by atoms with Gasteiger partial charge in [-0.15, -0.1) is 11.3 Å². The number of nitrogens with one attached hydrogen (secondary N) is 1. The molecular weight excluding hydrogens is 368 g/mol. The minimum atomic E-state index is -3.47. The van der Waals surface area contributed by atoms with E-state index in [0.29, 0.717) is 16.3 Å². The fourth-order valence-electron chi connectivity index (χ4n) is 3.23. The number of carbonyl (C=O) groups excluding carboxylic acids is 1. The molecule has 1 N–H and O–H groups in total. The van der Waals surface area contributed by atoms with Gasteiger partial charge in [0.2, 0.25) is 0 Å². The summed E-state index contributed by atoms with van der Waals surface area (Å²) < 4.78 is 27.6. The van der Waals surface area contributed by atoms with Crippen molar-refractivity contribution in [3.8, 4) is 0 Å². The summed E-state index contributed by atoms with van der Waals surface area (Å²) in [7, 11) is -1.79. The average Bonchev–Trinajstić information content (AvgIpc) is 3.17. The van der Waals surface area contributed by atoms with E-state index >= 15 is 0 Å². The molecule has 140 valence electrons. The molecule has 0 spiro atoms. The molecule has 1 aliphatic rings. The van der Waals surface area contributed by atoms with Crippen LogP contribution in [0.2, 0.25) is 0 Å². The van der Waals surface area contributed by atoms with E-state index in [-0.39, 0.29) is 11.9 Å². The zero-order valence-electron chi connectivity index (χ0n) is 14.8. The molecule has 26 heavy (non-hydrogen) atoms. The summed E-state index contributed by atoms with van der Waals surface area (Å²) in [5.74, 6) is -0.164. The van der Waals surface area contributed by atoms with E-state index in [1.54, 1.807) is 31.3 Å². The topological polar surface area (TPSA) is 66.5 Å². The maximum Gasteiger partial charge on any atom is 0.252 e. The van der Waals surface area contributed by atoms with Crippen LogP contribution < -0.4 is 5.32 Å². The number of thiophene rings is 1. The molecule has 1 heterocycles. The summed E-state index contributed by atoms with van der Waals surface area (Å²) in [5, 5.41) is 2.84. The van der Waals surface area contributed by atoms with Crippen molar-refractivity contribution in [1.29, 1.82) is 0 Å². The van der Waals surface area contributed by atoms with E-state index < -0.39 is 10.0 Å². The molecule has 1 aromatic heterocycles. The van der Waals surface area contributed by atoms with Crippen LogP contribution in [0.4, 0.5) is 0 Å². The highest BCUT2D eigenvalue weighted by Gasteiger charge is 2.30. The molecule has 1 saturated carbocycles. The SMILES string of the molecule is CN(C1CCCCC1)S(=O)(=O)c1ccc(CNC(=O)c2ccccc2)s1. The minimum Gasteiger partial charge on any atom is -0.347 e. The molecule has 1 aliphatic carbocycles. The Morgan fingerprint density at radius 2 is 1.81 bits per heavy atom. The van der Waals surface area contributed by atoms with Gasteiger partial charge in [0.1, 0.15) is 4.21 Å². The third-order valence-corrected chi connectivity index (χ3v) is 8.28. The van der Waals surface area contributed by atoms with Crippen LogP contribution in [0.5, 0.6) is 0 Å². The summed E-state index contributed by atoms with van der Waals surface area (Å²) in [6.07, 6.45) is 5.23. The molecule has 3 rings (SSSR count). The molecule has 0 atom stereocenters. The second-order valence-corrected chi connectivity index (χ2v) is 9.98. The largest absolute Gasteiger partial charge is 0.347 e. The zero-order chi connectivity index (χ0) is 18.6. The second-order valence-electron chi connectivity index (χ2n) is 6.58. The van der Waals surface area contributed by atoms with E-state index in [4.69, 9.17) is 0 Å². The third-order valence-electron chi connectivity index (χ3n) is 4.82. The van der Waals surface area contributed by atoms with E-state index in [9.17, 15) is 13.2 Å². The average molecular weight is 393 g/mol. The first-order chi connectivity index (χ1) is 12.5. The normalized spacial score (nSPS) is 15.9. The molecule has 0 saturated heterocycles. The lowest BCUT2D eigenvalue weighted by molar-refractivity contribution is 0.0951. The molecule has 1 aromatic carbocycles. The van der Waals surface area contributed by atoms with Crippen LogP contribution >= 0.6 is 11.3 Å². The zero-order valence-corrected chi connectivity index (χ0v) is 16.5. The van der Waals surface area contributed by atoms with Crippen LogP contribution in [0.15, 0.2) is 46.7 Å². The monoisotopic (exact) mass is 392 g/mol. The van der Waals surface area contributed by atoms with Crippen LogP contribution in [0.25, 0.3) is 0 Å². The summed E-state index contributed by atoms with van der Waals surface area (Å²) in [5.41, 5.74) is 0.592. The van der Waals surface area contributed by atoms with Crippen molar-refractivity contribution < 1.29 is 13.2 Å². The predicted molar refractivity (Wildman–Crippen MR) is 104 cm³/mol. The van der Waals surface area contributed by atoms with Gasteiger partial charge in [-0.25, -0.2) is 8.42 Å². The molecule has 2 aromatic rings. The molecule has 0 radical (unpaired) electrons.